The van der Waals surface area contributed by atoms with Crippen molar-refractivity contribution < 1.29 is 0 Å². The molecular weight excluding hydrogens is 224 g/mol. The van der Waals surface area contributed by atoms with E-state index in [4.69, 9.17) is 5.84 Å². The zero-order valence-electron chi connectivity index (χ0n) is 10.5. The van der Waals surface area contributed by atoms with Gasteiger partial charge in [-0.1, -0.05) is 24.3 Å². The maximum absolute atomic E-state index is 5.66. The summed E-state index contributed by atoms with van der Waals surface area (Å²) < 4.78 is 1.81. The summed E-state index contributed by atoms with van der Waals surface area (Å²) in [7, 11) is 1.93. The summed E-state index contributed by atoms with van der Waals surface area (Å²) in [5.41, 5.74) is 6.84. The molecule has 2 unspecified atom stereocenters. The summed E-state index contributed by atoms with van der Waals surface area (Å²) in [6, 6.07) is 10.8. The number of rotatable bonds is 4. The third kappa shape index (κ3) is 1.94. The topological polar surface area (TPSA) is 55.9 Å². The molecule has 0 aliphatic heterocycles. The normalized spacial score (nSPS) is 19.1. The van der Waals surface area contributed by atoms with Gasteiger partial charge in [0.25, 0.3) is 0 Å². The monoisotopic (exact) mass is 242 g/mol. The Morgan fingerprint density at radius 2 is 2.28 bits per heavy atom. The Balaban J connectivity index is 1.73. The molecule has 0 saturated carbocycles. The first-order valence-corrected chi connectivity index (χ1v) is 6.31. The number of hydrazine groups is 1. The Morgan fingerprint density at radius 3 is 2.94 bits per heavy atom. The number of fused-ring (bicyclic) bond motifs is 1. The van der Waals surface area contributed by atoms with Gasteiger partial charge in [-0.3, -0.25) is 16.0 Å². The summed E-state index contributed by atoms with van der Waals surface area (Å²) in [5.74, 6) is 6.26. The quantitative estimate of drug-likeness (QED) is 0.633. The highest BCUT2D eigenvalue weighted by Gasteiger charge is 2.28. The minimum absolute atomic E-state index is 0.129. The molecule has 94 valence electrons. The molecule has 1 heterocycles. The number of aryl methyl sites for hydroxylation is 1. The molecule has 3 rings (SSSR count). The van der Waals surface area contributed by atoms with Crippen LogP contribution in [0, 0.1) is 0 Å². The van der Waals surface area contributed by atoms with Crippen LogP contribution in [0.15, 0.2) is 36.5 Å². The fourth-order valence-electron chi connectivity index (χ4n) is 2.75. The summed E-state index contributed by atoms with van der Waals surface area (Å²) >= 11 is 0. The number of aromatic nitrogens is 2. The van der Waals surface area contributed by atoms with Gasteiger partial charge in [-0.2, -0.15) is 5.10 Å². The van der Waals surface area contributed by atoms with E-state index in [1.54, 1.807) is 0 Å². The number of hydrogen-bond acceptors (Lipinski definition) is 3. The van der Waals surface area contributed by atoms with Gasteiger partial charge in [0.15, 0.2) is 0 Å². The Kier molecular flexibility index (Phi) is 2.89. The van der Waals surface area contributed by atoms with E-state index in [1.807, 2.05) is 24.0 Å². The maximum atomic E-state index is 5.66. The average molecular weight is 242 g/mol. The van der Waals surface area contributed by atoms with Crippen LogP contribution in [-0.2, 0) is 13.5 Å². The van der Waals surface area contributed by atoms with Crippen LogP contribution in [0.25, 0.3) is 0 Å². The van der Waals surface area contributed by atoms with Gasteiger partial charge in [-0.05, 0) is 36.0 Å². The average Bonchev–Trinajstić information content (AvgIpc) is 2.77. The molecule has 0 fully saturated rings. The first-order chi connectivity index (χ1) is 8.78. The van der Waals surface area contributed by atoms with Crippen molar-refractivity contribution in [3.05, 3.63) is 53.3 Å². The molecule has 4 nitrogen and oxygen atoms in total. The van der Waals surface area contributed by atoms with E-state index in [0.717, 1.165) is 18.5 Å². The van der Waals surface area contributed by atoms with E-state index in [1.165, 1.54) is 11.1 Å². The molecule has 1 aliphatic carbocycles. The molecule has 0 saturated heterocycles. The van der Waals surface area contributed by atoms with Crippen molar-refractivity contribution in [3.8, 4) is 0 Å². The van der Waals surface area contributed by atoms with E-state index in [9.17, 15) is 0 Å². The molecule has 1 aromatic heterocycles. The van der Waals surface area contributed by atoms with E-state index < -0.39 is 0 Å². The molecule has 0 bridgehead atoms. The minimum atomic E-state index is 0.129. The van der Waals surface area contributed by atoms with Crippen LogP contribution < -0.4 is 11.3 Å². The lowest BCUT2D eigenvalue weighted by atomic mass is 9.74. The number of hydrogen-bond donors (Lipinski definition) is 2. The number of nitrogens with zero attached hydrogens (tertiary/aromatic N) is 2. The van der Waals surface area contributed by atoms with Crippen molar-refractivity contribution >= 4 is 0 Å². The standard InChI is InChI=1S/C14H18N4/c1-18-7-6-13(17-18)14(16-15)9-11-8-10-4-2-3-5-12(10)11/h2-7,11,14,16H,8-9,15H2,1H3. The molecule has 0 radical (unpaired) electrons. The molecule has 1 aromatic carbocycles. The maximum Gasteiger partial charge on any atom is 0.0807 e. The second-order valence-corrected chi connectivity index (χ2v) is 4.97. The molecule has 18 heavy (non-hydrogen) atoms. The molecular formula is C14H18N4. The van der Waals surface area contributed by atoms with Gasteiger partial charge in [-0.25, -0.2) is 0 Å². The Labute approximate surface area is 107 Å². The van der Waals surface area contributed by atoms with Crippen LogP contribution >= 0.6 is 0 Å². The van der Waals surface area contributed by atoms with Crippen LogP contribution in [0.2, 0.25) is 0 Å². The Hall–Kier alpha value is -1.65. The third-order valence-electron chi connectivity index (χ3n) is 3.77. The van der Waals surface area contributed by atoms with Gasteiger partial charge in [0, 0.05) is 13.2 Å². The van der Waals surface area contributed by atoms with Crippen molar-refractivity contribution in [2.45, 2.75) is 24.8 Å². The minimum Gasteiger partial charge on any atom is -0.275 e. The smallest absolute Gasteiger partial charge is 0.0807 e. The lowest BCUT2D eigenvalue weighted by Crippen LogP contribution is -2.32. The predicted molar refractivity (Wildman–Crippen MR) is 70.8 cm³/mol. The van der Waals surface area contributed by atoms with Crippen LogP contribution in [0.4, 0.5) is 0 Å². The van der Waals surface area contributed by atoms with Gasteiger partial charge in [0.1, 0.15) is 0 Å². The molecule has 4 heteroatoms. The number of benzene rings is 1. The molecule has 3 N–H and O–H groups in total. The molecule has 2 atom stereocenters. The highest BCUT2D eigenvalue weighted by molar-refractivity contribution is 5.40. The highest BCUT2D eigenvalue weighted by Crippen LogP contribution is 2.40. The van der Waals surface area contributed by atoms with Gasteiger partial charge in [-0.15, -0.1) is 0 Å². The Bertz CT molecular complexity index is 546. The fourth-order valence-corrected chi connectivity index (χ4v) is 2.75. The van der Waals surface area contributed by atoms with Crippen LogP contribution in [0.3, 0.4) is 0 Å². The Morgan fingerprint density at radius 1 is 1.44 bits per heavy atom. The van der Waals surface area contributed by atoms with Crippen LogP contribution in [0.5, 0.6) is 0 Å². The second kappa shape index (κ2) is 4.55. The van der Waals surface area contributed by atoms with E-state index in [-0.39, 0.29) is 6.04 Å². The zero-order valence-corrected chi connectivity index (χ0v) is 10.5. The van der Waals surface area contributed by atoms with Gasteiger partial charge in [0.05, 0.1) is 11.7 Å². The lowest BCUT2D eigenvalue weighted by Gasteiger charge is -2.32. The van der Waals surface area contributed by atoms with Crippen molar-refractivity contribution in [1.82, 2.24) is 15.2 Å². The van der Waals surface area contributed by atoms with Crippen LogP contribution in [0.1, 0.15) is 35.2 Å². The second-order valence-electron chi connectivity index (χ2n) is 4.97. The zero-order chi connectivity index (χ0) is 12.5. The summed E-state index contributed by atoms with van der Waals surface area (Å²) in [5, 5.41) is 4.42. The summed E-state index contributed by atoms with van der Waals surface area (Å²) in [4.78, 5) is 0. The lowest BCUT2D eigenvalue weighted by molar-refractivity contribution is 0.425. The van der Waals surface area contributed by atoms with Crippen LogP contribution in [-0.4, -0.2) is 9.78 Å². The third-order valence-corrected chi connectivity index (χ3v) is 3.77. The first kappa shape index (κ1) is 11.4. The van der Waals surface area contributed by atoms with E-state index in [0.29, 0.717) is 5.92 Å². The van der Waals surface area contributed by atoms with Crippen molar-refractivity contribution in [2.75, 3.05) is 0 Å². The van der Waals surface area contributed by atoms with Crippen molar-refractivity contribution in [2.24, 2.45) is 12.9 Å². The van der Waals surface area contributed by atoms with Crippen molar-refractivity contribution in [1.29, 1.82) is 0 Å². The molecule has 0 amide bonds. The summed E-state index contributed by atoms with van der Waals surface area (Å²) in [6.45, 7) is 0. The largest absolute Gasteiger partial charge is 0.275 e. The predicted octanol–water partition coefficient (Wildman–Crippen LogP) is 1.65. The van der Waals surface area contributed by atoms with Gasteiger partial charge < -0.3 is 0 Å². The number of nitrogens with two attached hydrogens (primary N) is 1. The van der Waals surface area contributed by atoms with Crippen molar-refractivity contribution in [3.63, 3.8) is 0 Å². The van der Waals surface area contributed by atoms with E-state index in [2.05, 4.69) is 34.8 Å². The molecule has 0 spiro atoms. The van der Waals surface area contributed by atoms with E-state index >= 15 is 0 Å². The van der Waals surface area contributed by atoms with Gasteiger partial charge >= 0.3 is 0 Å². The highest BCUT2D eigenvalue weighted by atomic mass is 15.3. The summed E-state index contributed by atoms with van der Waals surface area (Å²) in [6.07, 6.45) is 4.11. The SMILES string of the molecule is Cn1ccc(C(CC2Cc3ccccc32)NN)n1. The van der Waals surface area contributed by atoms with Gasteiger partial charge in [0.2, 0.25) is 0 Å². The first-order valence-electron chi connectivity index (χ1n) is 6.31. The molecule has 2 aromatic rings. The number of nitrogens with one attached hydrogen (secondary N) is 1. The fraction of sp³-hybridized carbons (Fsp3) is 0.357. The molecule has 1 aliphatic rings.